The SMILES string of the molecule is CCCCCCCCC(=O)COS(=O)(=O)c1c(C)c(C)cc(C)c1C. The van der Waals surface area contributed by atoms with Gasteiger partial charge in [-0.1, -0.05) is 45.1 Å². The third kappa shape index (κ3) is 6.55. The average molecular weight is 369 g/mol. The van der Waals surface area contributed by atoms with Gasteiger partial charge in [0.25, 0.3) is 10.1 Å². The van der Waals surface area contributed by atoms with E-state index in [1.807, 2.05) is 19.9 Å². The zero-order valence-electron chi connectivity index (χ0n) is 16.3. The van der Waals surface area contributed by atoms with Gasteiger partial charge in [-0.3, -0.25) is 8.98 Å². The number of hydrogen-bond acceptors (Lipinski definition) is 4. The van der Waals surface area contributed by atoms with E-state index >= 15 is 0 Å². The molecule has 0 saturated heterocycles. The molecule has 0 aliphatic rings. The highest BCUT2D eigenvalue weighted by molar-refractivity contribution is 7.86. The van der Waals surface area contributed by atoms with Crippen LogP contribution in [0.4, 0.5) is 0 Å². The summed E-state index contributed by atoms with van der Waals surface area (Å²) < 4.78 is 30.2. The van der Waals surface area contributed by atoms with Crippen LogP contribution in [0.15, 0.2) is 11.0 Å². The summed E-state index contributed by atoms with van der Waals surface area (Å²) in [6.07, 6.45) is 6.93. The van der Waals surface area contributed by atoms with Crippen molar-refractivity contribution in [2.24, 2.45) is 0 Å². The number of carbonyl (C=O) groups excluding carboxylic acids is 1. The number of unbranched alkanes of at least 4 members (excludes halogenated alkanes) is 5. The van der Waals surface area contributed by atoms with E-state index in [4.69, 9.17) is 4.18 Å². The first kappa shape index (κ1) is 21.8. The minimum absolute atomic E-state index is 0.154. The minimum Gasteiger partial charge on any atom is -0.297 e. The molecular weight excluding hydrogens is 336 g/mol. The predicted molar refractivity (Wildman–Crippen MR) is 102 cm³/mol. The summed E-state index contributed by atoms with van der Waals surface area (Å²) in [6.45, 7) is 9.10. The van der Waals surface area contributed by atoms with Crippen molar-refractivity contribution in [1.82, 2.24) is 0 Å². The molecule has 0 saturated carbocycles. The van der Waals surface area contributed by atoms with Crippen LogP contribution in [0.2, 0.25) is 0 Å². The lowest BCUT2D eigenvalue weighted by molar-refractivity contribution is -0.121. The number of Topliss-reactive ketones (excluding diaryl/α,β-unsaturated/α-hetero) is 1. The maximum atomic E-state index is 12.6. The second-order valence-corrected chi connectivity index (χ2v) is 8.41. The van der Waals surface area contributed by atoms with Gasteiger partial charge in [-0.2, -0.15) is 8.42 Å². The molecule has 0 aliphatic carbocycles. The smallest absolute Gasteiger partial charge is 0.297 e. The highest BCUT2D eigenvalue weighted by Gasteiger charge is 2.24. The molecule has 0 atom stereocenters. The van der Waals surface area contributed by atoms with Crippen LogP contribution in [0, 0.1) is 27.7 Å². The van der Waals surface area contributed by atoms with Gasteiger partial charge in [0.2, 0.25) is 0 Å². The van der Waals surface area contributed by atoms with Crippen molar-refractivity contribution in [3.8, 4) is 0 Å². The van der Waals surface area contributed by atoms with Gasteiger partial charge in [0.15, 0.2) is 5.78 Å². The van der Waals surface area contributed by atoms with Crippen LogP contribution in [0.25, 0.3) is 0 Å². The highest BCUT2D eigenvalue weighted by Crippen LogP contribution is 2.27. The molecule has 0 spiro atoms. The lowest BCUT2D eigenvalue weighted by Gasteiger charge is -2.15. The van der Waals surface area contributed by atoms with Gasteiger partial charge in [0.05, 0.1) is 0 Å². The van der Waals surface area contributed by atoms with Crippen LogP contribution < -0.4 is 0 Å². The first-order chi connectivity index (χ1) is 11.7. The number of carbonyl (C=O) groups is 1. The van der Waals surface area contributed by atoms with Gasteiger partial charge in [-0.15, -0.1) is 0 Å². The number of benzene rings is 1. The van der Waals surface area contributed by atoms with Crippen molar-refractivity contribution in [2.45, 2.75) is 84.5 Å². The Bertz CT molecular complexity index is 664. The van der Waals surface area contributed by atoms with Crippen molar-refractivity contribution in [1.29, 1.82) is 0 Å². The van der Waals surface area contributed by atoms with Crippen LogP contribution in [0.1, 0.15) is 74.1 Å². The van der Waals surface area contributed by atoms with E-state index in [1.165, 1.54) is 19.3 Å². The van der Waals surface area contributed by atoms with Crippen molar-refractivity contribution in [2.75, 3.05) is 6.61 Å². The topological polar surface area (TPSA) is 60.4 Å². The molecule has 0 radical (unpaired) electrons. The maximum Gasteiger partial charge on any atom is 0.297 e. The van der Waals surface area contributed by atoms with Crippen molar-refractivity contribution >= 4 is 15.9 Å². The van der Waals surface area contributed by atoms with Gasteiger partial charge in [0, 0.05) is 6.42 Å². The average Bonchev–Trinajstić information content (AvgIpc) is 2.54. The van der Waals surface area contributed by atoms with Gasteiger partial charge in [0.1, 0.15) is 11.5 Å². The quantitative estimate of drug-likeness (QED) is 0.410. The Morgan fingerprint density at radius 1 is 0.920 bits per heavy atom. The first-order valence-electron chi connectivity index (χ1n) is 9.19. The summed E-state index contributed by atoms with van der Waals surface area (Å²) >= 11 is 0. The Labute approximate surface area is 153 Å². The molecule has 4 nitrogen and oxygen atoms in total. The lowest BCUT2D eigenvalue weighted by Crippen LogP contribution is -2.17. The Morgan fingerprint density at radius 2 is 1.44 bits per heavy atom. The Balaban J connectivity index is 2.61. The van der Waals surface area contributed by atoms with E-state index < -0.39 is 10.1 Å². The molecule has 0 bridgehead atoms. The molecule has 0 aliphatic heterocycles. The van der Waals surface area contributed by atoms with Crippen molar-refractivity contribution in [3.63, 3.8) is 0 Å². The van der Waals surface area contributed by atoms with E-state index in [-0.39, 0.29) is 17.3 Å². The Hall–Kier alpha value is -1.20. The molecule has 1 rings (SSSR count). The number of ketones is 1. The second-order valence-electron chi connectivity index (χ2n) is 6.86. The van der Waals surface area contributed by atoms with Crippen LogP contribution in [-0.2, 0) is 19.1 Å². The number of hydrogen-bond donors (Lipinski definition) is 0. The summed E-state index contributed by atoms with van der Waals surface area (Å²) in [5.41, 5.74) is 3.19. The summed E-state index contributed by atoms with van der Waals surface area (Å²) in [5, 5.41) is 0. The predicted octanol–water partition coefficient (Wildman–Crippen LogP) is 4.95. The van der Waals surface area contributed by atoms with E-state index in [9.17, 15) is 13.2 Å². The maximum absolute atomic E-state index is 12.6. The second kappa shape index (κ2) is 10.1. The summed E-state index contributed by atoms with van der Waals surface area (Å²) in [6, 6.07) is 1.97. The fraction of sp³-hybridized carbons (Fsp3) is 0.650. The zero-order chi connectivity index (χ0) is 19.0. The van der Waals surface area contributed by atoms with Crippen LogP contribution in [0.5, 0.6) is 0 Å². The fourth-order valence-corrected chi connectivity index (χ4v) is 4.41. The molecule has 0 N–H and O–H groups in total. The van der Waals surface area contributed by atoms with Gasteiger partial charge < -0.3 is 0 Å². The molecule has 0 heterocycles. The summed E-state index contributed by atoms with van der Waals surface area (Å²) in [4.78, 5) is 12.1. The van der Waals surface area contributed by atoms with Gasteiger partial charge >= 0.3 is 0 Å². The van der Waals surface area contributed by atoms with Crippen LogP contribution >= 0.6 is 0 Å². The lowest BCUT2D eigenvalue weighted by atomic mass is 10.0. The van der Waals surface area contributed by atoms with E-state index in [0.29, 0.717) is 17.5 Å². The minimum atomic E-state index is -3.93. The molecule has 0 unspecified atom stereocenters. The molecule has 25 heavy (non-hydrogen) atoms. The highest BCUT2D eigenvalue weighted by atomic mass is 32.2. The third-order valence-electron chi connectivity index (χ3n) is 4.73. The normalized spacial score (nSPS) is 11.7. The Kier molecular flexibility index (Phi) is 8.80. The summed E-state index contributed by atoms with van der Waals surface area (Å²) in [7, 11) is -3.93. The number of rotatable bonds is 11. The van der Waals surface area contributed by atoms with E-state index in [0.717, 1.165) is 30.4 Å². The number of aryl methyl sites for hydroxylation is 2. The molecule has 142 valence electrons. The van der Waals surface area contributed by atoms with E-state index in [1.54, 1.807) is 13.8 Å². The monoisotopic (exact) mass is 368 g/mol. The fourth-order valence-electron chi connectivity index (χ4n) is 2.93. The van der Waals surface area contributed by atoms with Gasteiger partial charge in [-0.05, 0) is 56.4 Å². The van der Waals surface area contributed by atoms with Gasteiger partial charge in [-0.25, -0.2) is 0 Å². The molecule has 5 heteroatoms. The Morgan fingerprint density at radius 3 is 2.00 bits per heavy atom. The first-order valence-corrected chi connectivity index (χ1v) is 10.6. The molecule has 1 aromatic rings. The molecular formula is C20H32O4S. The molecule has 1 aromatic carbocycles. The van der Waals surface area contributed by atoms with Crippen molar-refractivity contribution < 1.29 is 17.4 Å². The van der Waals surface area contributed by atoms with Crippen LogP contribution in [0.3, 0.4) is 0 Å². The molecule has 0 aromatic heterocycles. The molecule has 0 amide bonds. The molecule has 0 fully saturated rings. The zero-order valence-corrected chi connectivity index (χ0v) is 17.1. The van der Waals surface area contributed by atoms with E-state index in [2.05, 4.69) is 6.92 Å². The standard InChI is InChI=1S/C20H32O4S/c1-6-7-8-9-10-11-12-19(21)14-24-25(22,23)20-17(4)15(2)13-16(3)18(20)5/h13H,6-12,14H2,1-5H3. The third-order valence-corrected chi connectivity index (χ3v) is 6.27. The van der Waals surface area contributed by atoms with Crippen molar-refractivity contribution in [3.05, 3.63) is 28.3 Å². The largest absolute Gasteiger partial charge is 0.297 e. The van der Waals surface area contributed by atoms with Crippen LogP contribution in [-0.4, -0.2) is 20.8 Å². The summed E-state index contributed by atoms with van der Waals surface area (Å²) in [5.74, 6) is -0.154.